The molecule has 3 aromatic carbocycles. The molecule has 0 heterocycles. The first kappa shape index (κ1) is 34.6. The molecule has 3 heteroatoms. The zero-order chi connectivity index (χ0) is 34.2. The van der Waals surface area contributed by atoms with Gasteiger partial charge in [0.1, 0.15) is 29.5 Å². The van der Waals surface area contributed by atoms with E-state index in [0.717, 1.165) is 33.4 Å². The van der Waals surface area contributed by atoms with Crippen LogP contribution in [-0.2, 0) is 0 Å². The van der Waals surface area contributed by atoms with Crippen LogP contribution in [-0.4, -0.2) is 7.11 Å². The molecule has 222 valence electrons. The second-order valence-electron chi connectivity index (χ2n) is 9.03. The van der Waals surface area contributed by atoms with Gasteiger partial charge in [-0.2, -0.15) is 0 Å². The molecule has 0 unspecified atom stereocenters. The van der Waals surface area contributed by atoms with Gasteiger partial charge in [0.2, 0.25) is 0 Å². The summed E-state index contributed by atoms with van der Waals surface area (Å²) in [5.74, 6) is 41.5. The minimum atomic E-state index is 0.546. The molecular weight excluding hydrogens is 588 g/mol. The van der Waals surface area contributed by atoms with E-state index >= 15 is 0 Å². The second kappa shape index (κ2) is 20.2. The molecule has 3 nitrogen and oxygen atoms in total. The standard InChI is InChI=1S/C45H24O3/c1-6-9-11-13-15-17-19-21-32-47-42-30-28-39(29-31-42)43-34-37(4)24-25-38(43)26-27-41-36-45(40(23-8-3)35-44(41)46-5)48-33-22-20-18-16-14-12-10-7-2/h1-2,8,23-31,34-36H,3-5H3. The van der Waals surface area contributed by atoms with Crippen LogP contribution in [0.25, 0.3) is 29.4 Å². The second-order valence-corrected chi connectivity index (χ2v) is 9.03. The summed E-state index contributed by atoms with van der Waals surface area (Å²) in [5.41, 5.74) is 5.77. The van der Waals surface area contributed by atoms with Crippen LogP contribution in [0.5, 0.6) is 17.2 Å². The Labute approximate surface area is 283 Å². The van der Waals surface area contributed by atoms with E-state index in [1.54, 1.807) is 7.11 Å². The summed E-state index contributed by atoms with van der Waals surface area (Å²) in [6, 6.07) is 17.7. The fraction of sp³-hybridized carbons (Fsp3) is 0.0667. The molecule has 0 aliphatic carbocycles. The fourth-order valence-corrected chi connectivity index (χ4v) is 3.84. The van der Waals surface area contributed by atoms with E-state index in [2.05, 4.69) is 132 Å². The Morgan fingerprint density at radius 1 is 0.542 bits per heavy atom. The minimum Gasteiger partial charge on any atom is -0.496 e. The van der Waals surface area contributed by atoms with Crippen molar-refractivity contribution in [3.63, 3.8) is 0 Å². The molecule has 0 fully saturated rings. The third kappa shape index (κ3) is 11.7. The van der Waals surface area contributed by atoms with Crippen LogP contribution in [0, 0.1) is 127 Å². The van der Waals surface area contributed by atoms with Crippen molar-refractivity contribution >= 4 is 18.2 Å². The van der Waals surface area contributed by atoms with Crippen molar-refractivity contribution in [3.05, 3.63) is 82.9 Å². The third-order valence-corrected chi connectivity index (χ3v) is 5.85. The van der Waals surface area contributed by atoms with Gasteiger partial charge in [-0.15, -0.1) is 12.8 Å². The van der Waals surface area contributed by atoms with Gasteiger partial charge < -0.3 is 14.2 Å². The first-order valence-electron chi connectivity index (χ1n) is 14.1. The van der Waals surface area contributed by atoms with Crippen molar-refractivity contribution < 1.29 is 14.2 Å². The number of aryl methyl sites for hydroxylation is 1. The van der Waals surface area contributed by atoms with Gasteiger partial charge in [0.25, 0.3) is 0 Å². The smallest absolute Gasteiger partial charge is 0.148 e. The molecule has 0 aromatic heterocycles. The lowest BCUT2D eigenvalue weighted by molar-refractivity contribution is 0.412. The predicted octanol–water partition coefficient (Wildman–Crippen LogP) is 6.84. The van der Waals surface area contributed by atoms with Crippen molar-refractivity contribution in [3.8, 4) is 148 Å². The molecule has 0 radical (unpaired) electrons. The van der Waals surface area contributed by atoms with Crippen LogP contribution in [0.1, 0.15) is 29.2 Å². The van der Waals surface area contributed by atoms with Gasteiger partial charge >= 0.3 is 0 Å². The maximum absolute atomic E-state index is 5.76. The number of ether oxygens (including phenoxy) is 3. The summed E-state index contributed by atoms with van der Waals surface area (Å²) in [5, 5.41) is 0. The Balaban J connectivity index is 1.86. The molecule has 0 aliphatic heterocycles. The Morgan fingerprint density at radius 2 is 1.06 bits per heavy atom. The summed E-state index contributed by atoms with van der Waals surface area (Å²) in [6.45, 7) is 3.97. The van der Waals surface area contributed by atoms with E-state index < -0.39 is 0 Å². The molecule has 0 bridgehead atoms. The van der Waals surface area contributed by atoms with Gasteiger partial charge in [0.15, 0.2) is 0 Å². The van der Waals surface area contributed by atoms with Gasteiger partial charge in [-0.1, -0.05) is 60.2 Å². The van der Waals surface area contributed by atoms with Crippen molar-refractivity contribution in [1.82, 2.24) is 0 Å². The van der Waals surface area contributed by atoms with Crippen molar-refractivity contribution in [2.24, 2.45) is 0 Å². The number of allylic oxidation sites excluding steroid dienone is 1. The Kier molecular flexibility index (Phi) is 14.5. The molecule has 0 saturated carbocycles. The summed E-state index contributed by atoms with van der Waals surface area (Å²) < 4.78 is 17.0. The topological polar surface area (TPSA) is 27.7 Å². The quantitative estimate of drug-likeness (QED) is 0.216. The summed E-state index contributed by atoms with van der Waals surface area (Å²) in [7, 11) is 1.63. The van der Waals surface area contributed by atoms with E-state index in [1.807, 2.05) is 67.6 Å². The molecule has 0 saturated heterocycles. The molecule has 0 aliphatic rings. The molecule has 0 N–H and O–H groups in total. The van der Waals surface area contributed by atoms with Crippen LogP contribution in [0.15, 0.2) is 60.7 Å². The largest absolute Gasteiger partial charge is 0.496 e. The molecule has 48 heavy (non-hydrogen) atoms. The van der Waals surface area contributed by atoms with E-state index in [0.29, 0.717) is 17.2 Å². The normalized spacial score (nSPS) is 8.44. The van der Waals surface area contributed by atoms with E-state index in [-0.39, 0.29) is 0 Å². The molecule has 0 spiro atoms. The molecular formula is C45H24O3. The lowest BCUT2D eigenvalue weighted by atomic mass is 9.96. The Hall–Kier alpha value is -7.86. The maximum atomic E-state index is 5.76. The highest BCUT2D eigenvalue weighted by Crippen LogP contribution is 2.33. The number of methoxy groups -OCH3 is 1. The number of hydrogen-bond acceptors (Lipinski definition) is 3. The number of terminal acetylenes is 2. The Morgan fingerprint density at radius 3 is 1.65 bits per heavy atom. The van der Waals surface area contributed by atoms with Crippen LogP contribution < -0.4 is 14.2 Å². The first-order valence-corrected chi connectivity index (χ1v) is 14.1. The average molecular weight is 613 g/mol. The van der Waals surface area contributed by atoms with Gasteiger partial charge in [-0.05, 0) is 102 Å². The van der Waals surface area contributed by atoms with E-state index in [4.69, 9.17) is 27.1 Å². The Bertz CT molecular complexity index is 2350. The average Bonchev–Trinajstić information content (AvgIpc) is 3.10. The molecule has 3 aromatic rings. The highest BCUT2D eigenvalue weighted by atomic mass is 16.5. The van der Waals surface area contributed by atoms with Crippen molar-refractivity contribution in [2.75, 3.05) is 7.11 Å². The molecule has 0 atom stereocenters. The summed E-state index contributed by atoms with van der Waals surface area (Å²) in [6.07, 6.45) is 23.1. The van der Waals surface area contributed by atoms with Crippen LogP contribution in [0.4, 0.5) is 0 Å². The minimum absolute atomic E-state index is 0.546. The van der Waals surface area contributed by atoms with Gasteiger partial charge in [0, 0.05) is 58.5 Å². The zero-order valence-electron chi connectivity index (χ0n) is 26.4. The van der Waals surface area contributed by atoms with Gasteiger partial charge in [-0.3, -0.25) is 0 Å². The van der Waals surface area contributed by atoms with Crippen molar-refractivity contribution in [1.29, 1.82) is 0 Å². The van der Waals surface area contributed by atoms with Crippen molar-refractivity contribution in [2.45, 2.75) is 13.8 Å². The highest BCUT2D eigenvalue weighted by Gasteiger charge is 2.10. The maximum Gasteiger partial charge on any atom is 0.148 e. The SMILES string of the molecule is C#CC#CC#CC#CC#COc1ccc(-c2cc(C)ccc2C=Cc2cc(OC#CC#CC#CC#CC#C)c(C=CC)cc2OC)cc1. The number of hydrogen-bond donors (Lipinski definition) is 0. The monoisotopic (exact) mass is 612 g/mol. The van der Waals surface area contributed by atoms with Crippen LogP contribution >= 0.6 is 0 Å². The molecule has 0 amide bonds. The third-order valence-electron chi connectivity index (χ3n) is 5.85. The summed E-state index contributed by atoms with van der Waals surface area (Å²) >= 11 is 0. The number of benzene rings is 3. The highest BCUT2D eigenvalue weighted by molar-refractivity contribution is 5.83. The molecule has 3 rings (SSSR count). The van der Waals surface area contributed by atoms with Crippen LogP contribution in [0.2, 0.25) is 0 Å². The number of rotatable bonds is 7. The predicted molar refractivity (Wildman–Crippen MR) is 194 cm³/mol. The van der Waals surface area contributed by atoms with E-state index in [9.17, 15) is 0 Å². The van der Waals surface area contributed by atoms with Gasteiger partial charge in [0.05, 0.1) is 7.11 Å². The summed E-state index contributed by atoms with van der Waals surface area (Å²) in [4.78, 5) is 0. The lowest BCUT2D eigenvalue weighted by Crippen LogP contribution is -1.93. The van der Waals surface area contributed by atoms with Gasteiger partial charge in [-0.25, -0.2) is 0 Å². The van der Waals surface area contributed by atoms with Crippen LogP contribution in [0.3, 0.4) is 0 Å². The first-order chi connectivity index (χ1) is 23.6. The zero-order valence-corrected chi connectivity index (χ0v) is 26.4. The van der Waals surface area contributed by atoms with E-state index in [1.165, 1.54) is 0 Å². The lowest BCUT2D eigenvalue weighted by Gasteiger charge is -2.11. The fourth-order valence-electron chi connectivity index (χ4n) is 3.84.